The molecule has 0 aromatic heterocycles. The second-order valence-corrected chi connectivity index (χ2v) is 5.18. The van der Waals surface area contributed by atoms with Crippen LogP contribution in [0.4, 0.5) is 0 Å². The lowest BCUT2D eigenvalue weighted by Crippen LogP contribution is -1.97. The lowest BCUT2D eigenvalue weighted by molar-refractivity contribution is -0.116. The van der Waals surface area contributed by atoms with Gasteiger partial charge in [0.15, 0.2) is 0 Å². The molecule has 2 heteroatoms. The molecule has 20 heavy (non-hydrogen) atoms. The van der Waals surface area contributed by atoms with Crippen molar-refractivity contribution in [1.82, 2.24) is 0 Å². The Morgan fingerprint density at radius 2 is 1.65 bits per heavy atom. The Morgan fingerprint density at radius 1 is 1.05 bits per heavy atom. The molecular weight excluding hydrogens is 248 g/mol. The summed E-state index contributed by atoms with van der Waals surface area (Å²) in [6.07, 6.45) is 1.39. The third-order valence-corrected chi connectivity index (χ3v) is 3.25. The third kappa shape index (κ3) is 3.70. The minimum Gasteiger partial charge on any atom is -0.457 e. The first-order valence-electron chi connectivity index (χ1n) is 6.88. The summed E-state index contributed by atoms with van der Waals surface area (Å²) in [6.45, 7) is 5.72. The van der Waals surface area contributed by atoms with E-state index < -0.39 is 0 Å². The fraction of sp³-hybridized carbons (Fsp3) is 0.278. The van der Waals surface area contributed by atoms with E-state index in [4.69, 9.17) is 4.74 Å². The van der Waals surface area contributed by atoms with Gasteiger partial charge in [0.1, 0.15) is 17.3 Å². The second kappa shape index (κ2) is 6.38. The third-order valence-electron chi connectivity index (χ3n) is 3.25. The Balaban J connectivity index is 2.20. The van der Waals surface area contributed by atoms with Crippen molar-refractivity contribution in [3.63, 3.8) is 0 Å². The van der Waals surface area contributed by atoms with Gasteiger partial charge in [-0.05, 0) is 56.0 Å². The van der Waals surface area contributed by atoms with E-state index in [0.717, 1.165) is 29.0 Å². The highest BCUT2D eigenvalue weighted by Crippen LogP contribution is 2.30. The van der Waals surface area contributed by atoms with Crippen molar-refractivity contribution in [3.05, 3.63) is 59.2 Å². The largest absolute Gasteiger partial charge is 0.457 e. The van der Waals surface area contributed by atoms with Crippen molar-refractivity contribution in [2.24, 2.45) is 0 Å². The number of aryl methyl sites for hydroxylation is 3. The summed E-state index contributed by atoms with van der Waals surface area (Å²) in [5.41, 5.74) is 3.40. The van der Waals surface area contributed by atoms with Crippen LogP contribution in [0.5, 0.6) is 11.5 Å². The second-order valence-electron chi connectivity index (χ2n) is 5.18. The zero-order valence-electron chi connectivity index (χ0n) is 12.3. The van der Waals surface area contributed by atoms with Crippen molar-refractivity contribution in [1.29, 1.82) is 0 Å². The molecule has 2 aromatic rings. The molecule has 0 spiro atoms. The van der Waals surface area contributed by atoms with E-state index in [9.17, 15) is 4.79 Å². The average Bonchev–Trinajstić information content (AvgIpc) is 2.42. The maximum absolute atomic E-state index is 11.1. The first-order valence-corrected chi connectivity index (χ1v) is 6.88. The number of ether oxygens (including phenoxy) is 1. The number of hydrogen-bond donors (Lipinski definition) is 0. The molecule has 0 aliphatic heterocycles. The molecule has 0 N–H and O–H groups in total. The Morgan fingerprint density at radius 3 is 2.20 bits per heavy atom. The Kier molecular flexibility index (Phi) is 4.57. The number of hydrogen-bond acceptors (Lipinski definition) is 2. The lowest BCUT2D eigenvalue weighted by atomic mass is 10.0. The van der Waals surface area contributed by atoms with Crippen molar-refractivity contribution in [2.45, 2.75) is 33.6 Å². The normalized spacial score (nSPS) is 10.3. The van der Waals surface area contributed by atoms with Crippen molar-refractivity contribution in [3.8, 4) is 11.5 Å². The zero-order chi connectivity index (χ0) is 14.5. The van der Waals surface area contributed by atoms with Gasteiger partial charge in [-0.2, -0.15) is 0 Å². The van der Waals surface area contributed by atoms with Gasteiger partial charge in [-0.3, -0.25) is 0 Å². The molecule has 0 fully saturated rings. The molecule has 0 unspecified atom stereocenters. The number of para-hydroxylation sites is 1. The van der Waals surface area contributed by atoms with Gasteiger partial charge in [-0.15, -0.1) is 0 Å². The van der Waals surface area contributed by atoms with E-state index in [0.29, 0.717) is 6.42 Å². The molecule has 0 atom stereocenters. The molecule has 2 nitrogen and oxygen atoms in total. The molecule has 104 valence electrons. The molecule has 0 amide bonds. The Hall–Kier alpha value is -2.09. The summed E-state index contributed by atoms with van der Waals surface area (Å²) in [5.74, 6) is 1.97. The summed E-state index contributed by atoms with van der Waals surface area (Å²) in [5, 5.41) is 0. The van der Waals surface area contributed by atoms with Gasteiger partial charge in [0.25, 0.3) is 0 Å². The number of rotatable bonds is 5. The van der Waals surface area contributed by atoms with Crippen LogP contribution in [-0.4, -0.2) is 5.78 Å². The number of ketones is 1. The van der Waals surface area contributed by atoms with Gasteiger partial charge in [0, 0.05) is 6.42 Å². The van der Waals surface area contributed by atoms with Crippen LogP contribution in [0.2, 0.25) is 0 Å². The quantitative estimate of drug-likeness (QED) is 0.791. The summed E-state index contributed by atoms with van der Waals surface area (Å²) in [7, 11) is 0. The van der Waals surface area contributed by atoms with Crippen LogP contribution in [0.15, 0.2) is 42.5 Å². The number of benzene rings is 2. The van der Waals surface area contributed by atoms with Crippen LogP contribution >= 0.6 is 0 Å². The molecule has 0 aliphatic rings. The molecule has 0 bridgehead atoms. The first-order chi connectivity index (χ1) is 9.56. The predicted octanol–water partition coefficient (Wildman–Crippen LogP) is 4.62. The minimum atomic E-state index is 0.227. The SMILES string of the molecule is CC(=O)CCc1cc(C)c(Oc2ccccc2)c(C)c1. The first kappa shape index (κ1) is 14.3. The van der Waals surface area contributed by atoms with E-state index >= 15 is 0 Å². The van der Waals surface area contributed by atoms with Gasteiger partial charge in [0.05, 0.1) is 0 Å². The molecule has 0 radical (unpaired) electrons. The van der Waals surface area contributed by atoms with Gasteiger partial charge in [-0.1, -0.05) is 30.3 Å². The number of Topliss-reactive ketones (excluding diaryl/α,β-unsaturated/α-hetero) is 1. The summed E-state index contributed by atoms with van der Waals surface area (Å²) in [4.78, 5) is 11.1. The van der Waals surface area contributed by atoms with E-state index in [-0.39, 0.29) is 5.78 Å². The van der Waals surface area contributed by atoms with E-state index in [1.165, 1.54) is 5.56 Å². The molecule has 2 aromatic carbocycles. The van der Waals surface area contributed by atoms with Crippen molar-refractivity contribution >= 4 is 5.78 Å². The monoisotopic (exact) mass is 268 g/mol. The highest BCUT2D eigenvalue weighted by Gasteiger charge is 2.08. The summed E-state index contributed by atoms with van der Waals surface area (Å²) >= 11 is 0. The minimum absolute atomic E-state index is 0.227. The average molecular weight is 268 g/mol. The Bertz CT molecular complexity index is 577. The molecular formula is C18H20O2. The Labute approximate surface area is 120 Å². The van der Waals surface area contributed by atoms with Gasteiger partial charge in [0.2, 0.25) is 0 Å². The van der Waals surface area contributed by atoms with Crippen LogP contribution in [0.25, 0.3) is 0 Å². The lowest BCUT2D eigenvalue weighted by Gasteiger charge is -2.13. The fourth-order valence-electron chi connectivity index (χ4n) is 2.27. The van der Waals surface area contributed by atoms with E-state index in [1.807, 2.05) is 44.2 Å². The van der Waals surface area contributed by atoms with Gasteiger partial charge >= 0.3 is 0 Å². The van der Waals surface area contributed by atoms with Crippen LogP contribution in [-0.2, 0) is 11.2 Å². The van der Waals surface area contributed by atoms with Crippen molar-refractivity contribution < 1.29 is 9.53 Å². The fourth-order valence-corrected chi connectivity index (χ4v) is 2.27. The molecule has 2 rings (SSSR count). The van der Waals surface area contributed by atoms with Gasteiger partial charge in [-0.25, -0.2) is 0 Å². The summed E-state index contributed by atoms with van der Waals surface area (Å²) in [6, 6.07) is 14.0. The predicted molar refractivity (Wildman–Crippen MR) is 81.4 cm³/mol. The number of carbonyl (C=O) groups is 1. The van der Waals surface area contributed by atoms with Crippen LogP contribution < -0.4 is 4.74 Å². The number of carbonyl (C=O) groups excluding carboxylic acids is 1. The molecule has 0 aliphatic carbocycles. The van der Waals surface area contributed by atoms with Crippen LogP contribution in [0, 0.1) is 13.8 Å². The zero-order valence-corrected chi connectivity index (χ0v) is 12.3. The van der Waals surface area contributed by atoms with Gasteiger partial charge < -0.3 is 9.53 Å². The highest BCUT2D eigenvalue weighted by molar-refractivity contribution is 5.75. The molecule has 0 saturated heterocycles. The van der Waals surface area contributed by atoms with E-state index in [2.05, 4.69) is 12.1 Å². The molecule has 0 saturated carbocycles. The van der Waals surface area contributed by atoms with E-state index in [1.54, 1.807) is 6.92 Å². The van der Waals surface area contributed by atoms with Crippen molar-refractivity contribution in [2.75, 3.05) is 0 Å². The maximum atomic E-state index is 11.1. The topological polar surface area (TPSA) is 26.3 Å². The standard InChI is InChI=1S/C18H20O2/c1-13-11-16(10-9-15(3)19)12-14(2)18(13)20-17-7-5-4-6-8-17/h4-8,11-12H,9-10H2,1-3H3. The smallest absolute Gasteiger partial charge is 0.133 e. The molecule has 0 heterocycles. The highest BCUT2D eigenvalue weighted by atomic mass is 16.5. The maximum Gasteiger partial charge on any atom is 0.133 e. The van der Waals surface area contributed by atoms with Crippen LogP contribution in [0.1, 0.15) is 30.0 Å². The summed E-state index contributed by atoms with van der Waals surface area (Å²) < 4.78 is 5.95. The van der Waals surface area contributed by atoms with Crippen LogP contribution in [0.3, 0.4) is 0 Å².